The molecule has 2 aliphatic heterocycles. The minimum Gasteiger partial charge on any atom is -0.393 e. The zero-order chi connectivity index (χ0) is 20.6. The Morgan fingerprint density at radius 2 is 1.80 bits per heavy atom. The summed E-state index contributed by atoms with van der Waals surface area (Å²) in [7, 11) is 0. The number of carbonyl (C=O) groups excluding carboxylic acids is 1. The molecule has 2 atom stereocenters. The third-order valence-corrected chi connectivity index (χ3v) is 6.46. The number of carbonyl (C=O) groups is 1. The van der Waals surface area contributed by atoms with E-state index in [0.717, 1.165) is 29.3 Å². The van der Waals surface area contributed by atoms with E-state index in [1.54, 1.807) is 6.20 Å². The van der Waals surface area contributed by atoms with Gasteiger partial charge in [-0.1, -0.05) is 48.5 Å². The van der Waals surface area contributed by atoms with E-state index in [1.165, 1.54) is 0 Å². The Hall–Kier alpha value is -2.76. The van der Waals surface area contributed by atoms with Crippen molar-refractivity contribution in [3.8, 4) is 0 Å². The maximum atomic E-state index is 13.1. The summed E-state index contributed by atoms with van der Waals surface area (Å²) in [6.45, 7) is 1.25. The van der Waals surface area contributed by atoms with Gasteiger partial charge in [0.25, 0.3) is 5.91 Å². The first-order valence-electron chi connectivity index (χ1n) is 10.7. The lowest BCUT2D eigenvalue weighted by Crippen LogP contribution is -2.52. The largest absolute Gasteiger partial charge is 0.393 e. The predicted molar refractivity (Wildman–Crippen MR) is 115 cm³/mol. The number of para-hydroxylation sites is 1. The Kier molecular flexibility index (Phi) is 5.01. The Morgan fingerprint density at radius 3 is 2.60 bits per heavy atom. The van der Waals surface area contributed by atoms with Crippen LogP contribution < -0.4 is 0 Å². The van der Waals surface area contributed by atoms with Crippen LogP contribution in [0.3, 0.4) is 0 Å². The summed E-state index contributed by atoms with van der Waals surface area (Å²) in [5.41, 5.74) is 2.26. The fraction of sp³-hybridized carbons (Fsp3) is 0.360. The minimum absolute atomic E-state index is 0.0130. The molecule has 0 saturated carbocycles. The molecule has 0 aliphatic carbocycles. The number of hydrogen-bond donors (Lipinski definition) is 1. The van der Waals surface area contributed by atoms with Crippen LogP contribution in [0.15, 0.2) is 66.9 Å². The van der Waals surface area contributed by atoms with E-state index in [2.05, 4.69) is 17.1 Å². The molecule has 3 aromatic rings. The molecule has 2 fully saturated rings. The molecule has 5 nitrogen and oxygen atoms in total. The summed E-state index contributed by atoms with van der Waals surface area (Å²) in [5.74, 6) is 0.0130. The Morgan fingerprint density at radius 1 is 1.07 bits per heavy atom. The SMILES string of the molecule is O=C(c1cnc2ccccc2c1)N1CCC2(CC1)C[C@H](O)C[C@H](c1ccccc1)O2. The van der Waals surface area contributed by atoms with Crippen molar-refractivity contribution in [2.24, 2.45) is 0 Å². The summed E-state index contributed by atoms with van der Waals surface area (Å²) in [5, 5.41) is 11.5. The highest BCUT2D eigenvalue weighted by Crippen LogP contribution is 2.43. The van der Waals surface area contributed by atoms with Crippen LogP contribution in [0.25, 0.3) is 10.9 Å². The lowest BCUT2D eigenvalue weighted by atomic mass is 9.81. The first kappa shape index (κ1) is 19.2. The molecule has 0 radical (unpaired) electrons. The maximum Gasteiger partial charge on any atom is 0.255 e. The topological polar surface area (TPSA) is 62.7 Å². The minimum atomic E-state index is -0.379. The van der Waals surface area contributed by atoms with E-state index < -0.39 is 0 Å². The van der Waals surface area contributed by atoms with Gasteiger partial charge in [0.05, 0.1) is 28.9 Å². The molecule has 1 N–H and O–H groups in total. The number of ether oxygens (including phenoxy) is 1. The van der Waals surface area contributed by atoms with Crippen LogP contribution in [0.5, 0.6) is 0 Å². The second-order valence-corrected chi connectivity index (χ2v) is 8.50. The second-order valence-electron chi connectivity index (χ2n) is 8.50. The van der Waals surface area contributed by atoms with E-state index in [1.807, 2.05) is 53.4 Å². The van der Waals surface area contributed by atoms with Crippen molar-refractivity contribution in [3.05, 3.63) is 78.0 Å². The zero-order valence-corrected chi connectivity index (χ0v) is 16.9. The molecule has 5 rings (SSSR count). The lowest BCUT2D eigenvalue weighted by Gasteiger charge is -2.48. The van der Waals surface area contributed by atoms with Crippen molar-refractivity contribution >= 4 is 16.8 Å². The Balaban J connectivity index is 1.29. The maximum absolute atomic E-state index is 13.1. The molecule has 0 unspecified atom stereocenters. The molecule has 5 heteroatoms. The van der Waals surface area contributed by atoms with Crippen molar-refractivity contribution in [3.63, 3.8) is 0 Å². The van der Waals surface area contributed by atoms with Crippen LogP contribution in [0.2, 0.25) is 0 Å². The lowest BCUT2D eigenvalue weighted by molar-refractivity contribution is -0.181. The Labute approximate surface area is 176 Å². The number of pyridine rings is 1. The first-order valence-corrected chi connectivity index (χ1v) is 10.7. The van der Waals surface area contributed by atoms with Gasteiger partial charge in [-0.25, -0.2) is 0 Å². The fourth-order valence-corrected chi connectivity index (χ4v) is 4.84. The standard InChI is InChI=1S/C25H26N2O3/c28-21-15-23(18-6-2-1-3-7-18)30-25(16-21)10-12-27(13-11-25)24(29)20-14-19-8-4-5-9-22(19)26-17-20/h1-9,14,17,21,23,28H,10-13,15-16H2/t21-,23-/m1/s1. The average molecular weight is 402 g/mol. The third kappa shape index (κ3) is 3.71. The van der Waals surface area contributed by atoms with Gasteiger partial charge in [-0.2, -0.15) is 0 Å². The molecular weight excluding hydrogens is 376 g/mol. The number of likely N-dealkylation sites (tertiary alicyclic amines) is 1. The summed E-state index contributed by atoms with van der Waals surface area (Å²) >= 11 is 0. The van der Waals surface area contributed by atoms with Gasteiger partial charge in [0.15, 0.2) is 0 Å². The van der Waals surface area contributed by atoms with E-state index in [0.29, 0.717) is 31.5 Å². The van der Waals surface area contributed by atoms with E-state index in [9.17, 15) is 9.90 Å². The number of rotatable bonds is 2. The van der Waals surface area contributed by atoms with Crippen molar-refractivity contribution in [1.29, 1.82) is 0 Å². The number of hydrogen-bond acceptors (Lipinski definition) is 4. The number of amides is 1. The van der Waals surface area contributed by atoms with Crippen LogP contribution in [0.1, 0.15) is 47.7 Å². The number of aromatic nitrogens is 1. The van der Waals surface area contributed by atoms with Crippen molar-refractivity contribution < 1.29 is 14.6 Å². The summed E-state index contributed by atoms with van der Waals surface area (Å²) < 4.78 is 6.55. The van der Waals surface area contributed by atoms with Crippen molar-refractivity contribution in [2.75, 3.05) is 13.1 Å². The first-order chi connectivity index (χ1) is 14.6. The molecule has 2 aromatic carbocycles. The van der Waals surface area contributed by atoms with Gasteiger partial charge in [0, 0.05) is 37.5 Å². The average Bonchev–Trinajstić information content (AvgIpc) is 2.79. The van der Waals surface area contributed by atoms with E-state index in [-0.39, 0.29) is 23.7 Å². The number of piperidine rings is 1. The van der Waals surface area contributed by atoms with Gasteiger partial charge < -0.3 is 14.7 Å². The van der Waals surface area contributed by atoms with Crippen LogP contribution >= 0.6 is 0 Å². The van der Waals surface area contributed by atoms with E-state index in [4.69, 9.17) is 4.74 Å². The quantitative estimate of drug-likeness (QED) is 0.700. The summed E-state index contributed by atoms with van der Waals surface area (Å²) in [4.78, 5) is 19.4. The molecule has 1 aromatic heterocycles. The number of aliphatic hydroxyl groups excluding tert-OH is 1. The molecule has 0 bridgehead atoms. The molecule has 1 spiro atoms. The number of benzene rings is 2. The molecule has 1 amide bonds. The second kappa shape index (κ2) is 7.82. The Bertz CT molecular complexity index is 1040. The fourth-order valence-electron chi connectivity index (χ4n) is 4.84. The molecule has 154 valence electrons. The van der Waals surface area contributed by atoms with Crippen molar-refractivity contribution in [1.82, 2.24) is 9.88 Å². The highest BCUT2D eigenvalue weighted by atomic mass is 16.5. The molecule has 2 aliphatic rings. The normalized spacial score (nSPS) is 23.6. The van der Waals surface area contributed by atoms with Crippen LogP contribution in [0.4, 0.5) is 0 Å². The van der Waals surface area contributed by atoms with Gasteiger partial charge in [0.1, 0.15) is 0 Å². The number of aliphatic hydroxyl groups is 1. The van der Waals surface area contributed by atoms with Gasteiger partial charge in [-0.3, -0.25) is 9.78 Å². The highest BCUT2D eigenvalue weighted by Gasteiger charge is 2.44. The third-order valence-electron chi connectivity index (χ3n) is 6.46. The van der Waals surface area contributed by atoms with Crippen molar-refractivity contribution in [2.45, 2.75) is 43.5 Å². The summed E-state index contributed by atoms with van der Waals surface area (Å²) in [6.07, 6.45) is 3.92. The van der Waals surface area contributed by atoms with Crippen LogP contribution in [-0.2, 0) is 4.74 Å². The van der Waals surface area contributed by atoms with Gasteiger partial charge in [-0.15, -0.1) is 0 Å². The van der Waals surface area contributed by atoms with Gasteiger partial charge in [-0.05, 0) is 30.5 Å². The number of fused-ring (bicyclic) bond motifs is 1. The summed E-state index contributed by atoms with van der Waals surface area (Å²) in [6, 6.07) is 19.9. The monoisotopic (exact) mass is 402 g/mol. The van der Waals surface area contributed by atoms with Crippen LogP contribution in [0, 0.1) is 0 Å². The molecule has 3 heterocycles. The van der Waals surface area contributed by atoms with Gasteiger partial charge in [0.2, 0.25) is 0 Å². The molecular formula is C25H26N2O3. The highest BCUT2D eigenvalue weighted by molar-refractivity contribution is 5.97. The van der Waals surface area contributed by atoms with E-state index >= 15 is 0 Å². The predicted octanol–water partition coefficient (Wildman–Crippen LogP) is 4.12. The number of nitrogens with zero attached hydrogens (tertiary/aromatic N) is 2. The smallest absolute Gasteiger partial charge is 0.255 e. The van der Waals surface area contributed by atoms with Crippen LogP contribution in [-0.4, -0.2) is 45.7 Å². The molecule has 30 heavy (non-hydrogen) atoms. The van der Waals surface area contributed by atoms with Gasteiger partial charge >= 0.3 is 0 Å². The molecule has 2 saturated heterocycles. The zero-order valence-electron chi connectivity index (χ0n) is 16.9.